The Balaban J connectivity index is 1.23. The van der Waals surface area contributed by atoms with Crippen LogP contribution in [0.15, 0.2) is 29.4 Å². The summed E-state index contributed by atoms with van der Waals surface area (Å²) in [6, 6.07) is 7.97. The summed E-state index contributed by atoms with van der Waals surface area (Å²) in [5.41, 5.74) is 4.33. The number of hydrogen-bond acceptors (Lipinski definition) is 3. The Hall–Kier alpha value is -1.84. The highest BCUT2D eigenvalue weighted by molar-refractivity contribution is 5.86. The summed E-state index contributed by atoms with van der Waals surface area (Å²) in [6.07, 6.45) is 16.3. The highest BCUT2D eigenvalue weighted by atomic mass is 16.5. The number of amides is 1. The molecule has 4 aliphatic carbocycles. The number of carbonyl (C=O) groups excluding carboxylic acids is 1. The van der Waals surface area contributed by atoms with Crippen molar-refractivity contribution in [3.8, 4) is 5.75 Å². The topological polar surface area (TPSA) is 50.7 Å². The lowest BCUT2D eigenvalue weighted by atomic mass is 9.40. The summed E-state index contributed by atoms with van der Waals surface area (Å²) in [5.74, 6) is 1.74. The van der Waals surface area contributed by atoms with Crippen LogP contribution in [-0.4, -0.2) is 18.7 Å². The van der Waals surface area contributed by atoms with Crippen LogP contribution in [0.2, 0.25) is 0 Å². The molecule has 0 heterocycles. The molecule has 0 aromatic heterocycles. The quantitative estimate of drug-likeness (QED) is 0.233. The molecule has 5 rings (SSSR count). The van der Waals surface area contributed by atoms with Gasteiger partial charge in [-0.2, -0.15) is 5.10 Å². The van der Waals surface area contributed by atoms with E-state index in [1.807, 2.05) is 24.3 Å². The number of nitrogens with one attached hydrogen (secondary N) is 1. The van der Waals surface area contributed by atoms with E-state index in [9.17, 15) is 4.79 Å². The first-order chi connectivity index (χ1) is 15.3. The largest absolute Gasteiger partial charge is 0.494 e. The average molecular weight is 439 g/mol. The van der Waals surface area contributed by atoms with Gasteiger partial charge < -0.3 is 4.74 Å². The number of benzene rings is 1. The molecule has 1 aromatic rings. The Bertz CT molecular complexity index is 797. The van der Waals surface area contributed by atoms with E-state index in [1.165, 1.54) is 51.4 Å². The van der Waals surface area contributed by atoms with Gasteiger partial charge in [-0.15, -0.1) is 0 Å². The van der Waals surface area contributed by atoms with Gasteiger partial charge in [-0.1, -0.05) is 52.9 Å². The lowest BCUT2D eigenvalue weighted by molar-refractivity contribution is -0.170. The second kappa shape index (κ2) is 9.57. The summed E-state index contributed by atoms with van der Waals surface area (Å²) >= 11 is 0. The van der Waals surface area contributed by atoms with Gasteiger partial charge in [0.05, 0.1) is 18.2 Å². The van der Waals surface area contributed by atoms with Crippen LogP contribution in [0, 0.1) is 22.2 Å². The molecule has 2 unspecified atom stereocenters. The first-order valence-corrected chi connectivity index (χ1v) is 12.9. The second-order valence-corrected chi connectivity index (χ2v) is 11.8. The zero-order valence-corrected chi connectivity index (χ0v) is 20.4. The molecule has 0 aliphatic heterocycles. The lowest BCUT2D eigenvalue weighted by Gasteiger charge is -2.64. The first-order valence-electron chi connectivity index (χ1n) is 12.9. The zero-order chi connectivity index (χ0) is 22.7. The van der Waals surface area contributed by atoms with E-state index in [2.05, 4.69) is 31.3 Å². The van der Waals surface area contributed by atoms with Crippen molar-refractivity contribution in [2.75, 3.05) is 6.61 Å². The molecule has 0 saturated heterocycles. The highest BCUT2D eigenvalue weighted by Gasteiger charge is 2.62. The molecular formula is C28H42N2O2. The Kier molecular flexibility index (Phi) is 6.97. The Morgan fingerprint density at radius 3 is 2.31 bits per heavy atom. The first kappa shape index (κ1) is 23.3. The van der Waals surface area contributed by atoms with Gasteiger partial charge in [-0.25, -0.2) is 5.43 Å². The van der Waals surface area contributed by atoms with E-state index >= 15 is 0 Å². The predicted molar refractivity (Wildman–Crippen MR) is 131 cm³/mol. The average Bonchev–Trinajstić information content (AvgIpc) is 2.71. The van der Waals surface area contributed by atoms with Crippen molar-refractivity contribution in [1.82, 2.24) is 5.43 Å². The van der Waals surface area contributed by atoms with Crippen LogP contribution in [0.4, 0.5) is 0 Å². The summed E-state index contributed by atoms with van der Waals surface area (Å²) in [4.78, 5) is 13.2. The molecule has 0 spiro atoms. The molecule has 4 heteroatoms. The van der Waals surface area contributed by atoms with Gasteiger partial charge in [-0.05, 0) is 91.5 Å². The number of carbonyl (C=O) groups is 1. The molecule has 176 valence electrons. The minimum atomic E-state index is -0.214. The zero-order valence-electron chi connectivity index (χ0n) is 20.4. The highest BCUT2D eigenvalue weighted by Crippen LogP contribution is 2.69. The maximum absolute atomic E-state index is 13.2. The van der Waals surface area contributed by atoms with E-state index in [0.717, 1.165) is 43.6 Å². The van der Waals surface area contributed by atoms with Crippen LogP contribution < -0.4 is 10.2 Å². The van der Waals surface area contributed by atoms with E-state index < -0.39 is 0 Å². The van der Waals surface area contributed by atoms with Crippen molar-refractivity contribution < 1.29 is 9.53 Å². The van der Waals surface area contributed by atoms with Crippen LogP contribution in [0.3, 0.4) is 0 Å². The Morgan fingerprint density at radius 2 is 1.66 bits per heavy atom. The van der Waals surface area contributed by atoms with Crippen LogP contribution in [0.25, 0.3) is 0 Å². The standard InChI is InChI=1S/C28H42N2O2/c1-4-5-6-7-8-9-14-32-24-12-10-22(11-13-24)18-29-30-25(31)28-17-23-15-26(2,20-28)19-27(3,16-23)21-28/h10-13,18,23H,4-9,14-17,19-21H2,1-3H3,(H,30,31)/b29-18+. The Labute approximate surface area is 194 Å². The third-order valence-electron chi connectivity index (χ3n) is 8.13. The molecule has 4 bridgehead atoms. The fourth-order valence-electron chi connectivity index (χ4n) is 7.71. The fourth-order valence-corrected chi connectivity index (χ4v) is 7.71. The van der Waals surface area contributed by atoms with Gasteiger partial charge in [0.1, 0.15) is 5.75 Å². The van der Waals surface area contributed by atoms with Crippen molar-refractivity contribution in [2.45, 2.75) is 97.8 Å². The Morgan fingerprint density at radius 1 is 1.00 bits per heavy atom. The van der Waals surface area contributed by atoms with Crippen molar-refractivity contribution >= 4 is 12.1 Å². The van der Waals surface area contributed by atoms with Gasteiger partial charge in [0, 0.05) is 0 Å². The van der Waals surface area contributed by atoms with Gasteiger partial charge in [0.25, 0.3) is 0 Å². The smallest absolute Gasteiger partial charge is 0.246 e. The second-order valence-electron chi connectivity index (χ2n) is 11.8. The molecule has 2 atom stereocenters. The van der Waals surface area contributed by atoms with Gasteiger partial charge in [0.2, 0.25) is 5.91 Å². The molecule has 1 N–H and O–H groups in total. The summed E-state index contributed by atoms with van der Waals surface area (Å²) in [6.45, 7) is 7.82. The van der Waals surface area contributed by atoms with Gasteiger partial charge in [-0.3, -0.25) is 4.79 Å². The molecule has 4 aliphatic rings. The van der Waals surface area contributed by atoms with E-state index in [4.69, 9.17) is 4.74 Å². The summed E-state index contributed by atoms with van der Waals surface area (Å²) in [7, 11) is 0. The van der Waals surface area contributed by atoms with E-state index in [-0.39, 0.29) is 11.3 Å². The molecule has 0 radical (unpaired) electrons. The molecule has 4 fully saturated rings. The minimum absolute atomic E-state index is 0.134. The van der Waals surface area contributed by atoms with Gasteiger partial charge in [0.15, 0.2) is 0 Å². The number of hydrazone groups is 1. The van der Waals surface area contributed by atoms with Crippen LogP contribution in [0.1, 0.15) is 103 Å². The molecule has 4 saturated carbocycles. The molecular weight excluding hydrogens is 396 g/mol. The number of rotatable bonds is 11. The maximum atomic E-state index is 13.2. The minimum Gasteiger partial charge on any atom is -0.494 e. The fraction of sp³-hybridized carbons (Fsp3) is 0.714. The van der Waals surface area contributed by atoms with Gasteiger partial charge >= 0.3 is 0 Å². The van der Waals surface area contributed by atoms with Crippen molar-refractivity contribution in [3.63, 3.8) is 0 Å². The molecule has 32 heavy (non-hydrogen) atoms. The SMILES string of the molecule is CCCCCCCCOc1ccc(/C=N/NC(=O)C23CC4CC(C)(CC(C)(C4)C2)C3)cc1. The summed E-state index contributed by atoms with van der Waals surface area (Å²) in [5, 5.41) is 4.32. The van der Waals surface area contributed by atoms with Crippen molar-refractivity contribution in [2.24, 2.45) is 27.3 Å². The predicted octanol–water partition coefficient (Wildman–Crippen LogP) is 6.87. The number of hydrogen-bond donors (Lipinski definition) is 1. The maximum Gasteiger partial charge on any atom is 0.246 e. The molecule has 1 aromatic carbocycles. The lowest BCUT2D eigenvalue weighted by Crippen LogP contribution is -2.59. The third kappa shape index (κ3) is 5.38. The van der Waals surface area contributed by atoms with Crippen molar-refractivity contribution in [3.05, 3.63) is 29.8 Å². The summed E-state index contributed by atoms with van der Waals surface area (Å²) < 4.78 is 5.85. The van der Waals surface area contributed by atoms with Crippen LogP contribution in [-0.2, 0) is 4.79 Å². The number of ether oxygens (including phenoxy) is 1. The monoisotopic (exact) mass is 438 g/mol. The van der Waals surface area contributed by atoms with Crippen molar-refractivity contribution in [1.29, 1.82) is 0 Å². The normalized spacial score (nSPS) is 33.0. The van der Waals surface area contributed by atoms with Crippen LogP contribution >= 0.6 is 0 Å². The van der Waals surface area contributed by atoms with Crippen LogP contribution in [0.5, 0.6) is 5.75 Å². The number of nitrogens with zero attached hydrogens (tertiary/aromatic N) is 1. The molecule has 1 amide bonds. The van der Waals surface area contributed by atoms with E-state index in [0.29, 0.717) is 16.7 Å². The third-order valence-corrected chi connectivity index (χ3v) is 8.13. The number of unbranched alkanes of at least 4 members (excludes halogenated alkanes) is 5. The van der Waals surface area contributed by atoms with E-state index in [1.54, 1.807) is 6.21 Å². The molecule has 4 nitrogen and oxygen atoms in total.